The molecule has 0 N–H and O–H groups in total. The number of carbonyl (C=O) groups is 1. The van der Waals surface area contributed by atoms with Crippen LogP contribution in [-0.2, 0) is 20.7 Å². The smallest absolute Gasteiger partial charge is 0.141 e. The van der Waals surface area contributed by atoms with E-state index in [2.05, 4.69) is 4.98 Å². The number of ether oxygens (including phenoxy) is 3. The van der Waals surface area contributed by atoms with Crippen LogP contribution < -0.4 is 4.74 Å². The Kier molecular flexibility index (Phi) is 7.18. The highest BCUT2D eigenvalue weighted by Gasteiger charge is 2.12. The van der Waals surface area contributed by atoms with Crippen LogP contribution in [0.4, 0.5) is 0 Å². The van der Waals surface area contributed by atoms with Gasteiger partial charge in [-0.15, -0.1) is 0 Å². The molecule has 1 aromatic rings. The Bertz CT molecular complexity index is 446. The van der Waals surface area contributed by atoms with Gasteiger partial charge in [0.25, 0.3) is 0 Å². The van der Waals surface area contributed by atoms with Crippen LogP contribution in [0, 0.1) is 13.8 Å². The van der Waals surface area contributed by atoms with E-state index in [1.807, 2.05) is 13.8 Å². The molecule has 0 fully saturated rings. The summed E-state index contributed by atoms with van der Waals surface area (Å²) in [5, 5.41) is 0. The van der Waals surface area contributed by atoms with E-state index in [0.717, 1.165) is 22.6 Å². The molecule has 0 saturated carbocycles. The zero-order chi connectivity index (χ0) is 15.0. The second-order valence-electron chi connectivity index (χ2n) is 4.62. The molecule has 0 aliphatic carbocycles. The Labute approximate surface area is 120 Å². The highest BCUT2D eigenvalue weighted by Crippen LogP contribution is 2.24. The molecule has 112 valence electrons. The first-order valence-electron chi connectivity index (χ1n) is 6.67. The van der Waals surface area contributed by atoms with Gasteiger partial charge in [0.2, 0.25) is 0 Å². The number of Topliss-reactive ketones (excluding diaryl/α,β-unsaturated/α-hetero) is 1. The molecule has 0 saturated heterocycles. The Morgan fingerprint density at radius 3 is 2.60 bits per heavy atom. The standard InChI is InChI=1S/C15H23NO4/c1-11-10-16-14(12(2)15(11)19-4)9-13(17)5-6-20-8-7-18-3/h10H,5-9H2,1-4H3. The summed E-state index contributed by atoms with van der Waals surface area (Å²) in [4.78, 5) is 16.2. The SMILES string of the molecule is COCCOCCC(=O)Cc1ncc(C)c(OC)c1C. The normalized spacial score (nSPS) is 10.6. The molecular formula is C15H23NO4. The summed E-state index contributed by atoms with van der Waals surface area (Å²) >= 11 is 0. The van der Waals surface area contributed by atoms with Crippen LogP contribution in [0.3, 0.4) is 0 Å². The topological polar surface area (TPSA) is 57.7 Å². The van der Waals surface area contributed by atoms with Crippen LogP contribution >= 0.6 is 0 Å². The van der Waals surface area contributed by atoms with E-state index in [-0.39, 0.29) is 5.78 Å². The molecule has 5 heteroatoms. The number of hydrogen-bond donors (Lipinski definition) is 0. The van der Waals surface area contributed by atoms with Gasteiger partial charge in [-0.05, 0) is 13.8 Å². The quantitative estimate of drug-likeness (QED) is 0.647. The molecule has 1 aromatic heterocycles. The molecule has 1 rings (SSSR count). The lowest BCUT2D eigenvalue weighted by Crippen LogP contribution is -2.11. The van der Waals surface area contributed by atoms with Crippen LogP contribution in [0.1, 0.15) is 23.2 Å². The molecule has 0 bridgehead atoms. The summed E-state index contributed by atoms with van der Waals surface area (Å²) in [6, 6.07) is 0. The number of aromatic nitrogens is 1. The van der Waals surface area contributed by atoms with E-state index in [1.54, 1.807) is 20.4 Å². The zero-order valence-electron chi connectivity index (χ0n) is 12.7. The van der Waals surface area contributed by atoms with Gasteiger partial charge in [-0.25, -0.2) is 0 Å². The number of pyridine rings is 1. The predicted octanol–water partition coefficient (Wildman–Crippen LogP) is 1.87. The van der Waals surface area contributed by atoms with Gasteiger partial charge in [0, 0.05) is 37.3 Å². The van der Waals surface area contributed by atoms with E-state index in [0.29, 0.717) is 32.7 Å². The van der Waals surface area contributed by atoms with Crippen molar-refractivity contribution in [3.8, 4) is 5.75 Å². The number of rotatable bonds is 9. The Hall–Kier alpha value is -1.46. The number of hydrogen-bond acceptors (Lipinski definition) is 5. The van der Waals surface area contributed by atoms with Crippen molar-refractivity contribution in [2.45, 2.75) is 26.7 Å². The number of methoxy groups -OCH3 is 2. The molecule has 1 heterocycles. The lowest BCUT2D eigenvalue weighted by molar-refractivity contribution is -0.119. The van der Waals surface area contributed by atoms with Crippen molar-refractivity contribution in [2.24, 2.45) is 0 Å². The average molecular weight is 281 g/mol. The van der Waals surface area contributed by atoms with Crippen molar-refractivity contribution in [3.63, 3.8) is 0 Å². The molecule has 0 spiro atoms. The van der Waals surface area contributed by atoms with E-state index < -0.39 is 0 Å². The fraction of sp³-hybridized carbons (Fsp3) is 0.600. The van der Waals surface area contributed by atoms with Crippen molar-refractivity contribution in [1.29, 1.82) is 0 Å². The first-order chi connectivity index (χ1) is 9.60. The van der Waals surface area contributed by atoms with E-state index in [1.165, 1.54) is 0 Å². The van der Waals surface area contributed by atoms with Crippen LogP contribution in [0.25, 0.3) is 0 Å². The van der Waals surface area contributed by atoms with Crippen molar-refractivity contribution in [3.05, 3.63) is 23.0 Å². The van der Waals surface area contributed by atoms with Gasteiger partial charge in [-0.2, -0.15) is 0 Å². The van der Waals surface area contributed by atoms with Gasteiger partial charge < -0.3 is 14.2 Å². The molecule has 0 amide bonds. The average Bonchev–Trinajstić information content (AvgIpc) is 2.42. The predicted molar refractivity (Wildman–Crippen MR) is 76.3 cm³/mol. The molecule has 0 unspecified atom stereocenters. The summed E-state index contributed by atoms with van der Waals surface area (Å²) in [7, 11) is 3.25. The summed E-state index contributed by atoms with van der Waals surface area (Å²) in [5.41, 5.74) is 2.68. The minimum Gasteiger partial charge on any atom is -0.496 e. The van der Waals surface area contributed by atoms with E-state index in [9.17, 15) is 4.79 Å². The van der Waals surface area contributed by atoms with Crippen LogP contribution in [0.5, 0.6) is 5.75 Å². The van der Waals surface area contributed by atoms with Gasteiger partial charge in [0.05, 0.1) is 32.6 Å². The largest absolute Gasteiger partial charge is 0.496 e. The fourth-order valence-electron chi connectivity index (χ4n) is 1.95. The third kappa shape index (κ3) is 4.90. The molecule has 0 aliphatic rings. The maximum atomic E-state index is 11.9. The minimum atomic E-state index is 0.115. The van der Waals surface area contributed by atoms with Crippen molar-refractivity contribution in [2.75, 3.05) is 34.0 Å². The molecule has 0 aromatic carbocycles. The third-order valence-electron chi connectivity index (χ3n) is 3.07. The first kappa shape index (κ1) is 16.6. The number of nitrogens with zero attached hydrogens (tertiary/aromatic N) is 1. The van der Waals surface area contributed by atoms with Crippen LogP contribution in [-0.4, -0.2) is 44.8 Å². The van der Waals surface area contributed by atoms with Gasteiger partial charge >= 0.3 is 0 Å². The second kappa shape index (κ2) is 8.66. The van der Waals surface area contributed by atoms with Crippen molar-refractivity contribution in [1.82, 2.24) is 4.98 Å². The second-order valence-corrected chi connectivity index (χ2v) is 4.62. The molecule has 0 radical (unpaired) electrons. The summed E-state index contributed by atoms with van der Waals surface area (Å²) in [6.45, 7) is 5.35. The third-order valence-corrected chi connectivity index (χ3v) is 3.07. The number of carbonyl (C=O) groups excluding carboxylic acids is 1. The van der Waals surface area contributed by atoms with Gasteiger partial charge in [-0.3, -0.25) is 9.78 Å². The van der Waals surface area contributed by atoms with E-state index in [4.69, 9.17) is 14.2 Å². The van der Waals surface area contributed by atoms with Crippen molar-refractivity contribution >= 4 is 5.78 Å². The number of ketones is 1. The molecule has 5 nitrogen and oxygen atoms in total. The molecule has 0 aliphatic heterocycles. The highest BCUT2D eigenvalue weighted by molar-refractivity contribution is 5.81. The van der Waals surface area contributed by atoms with Crippen LogP contribution in [0.15, 0.2) is 6.20 Å². The minimum absolute atomic E-state index is 0.115. The summed E-state index contributed by atoms with van der Waals surface area (Å²) in [6.07, 6.45) is 2.45. The summed E-state index contributed by atoms with van der Waals surface area (Å²) in [5.74, 6) is 0.920. The lowest BCUT2D eigenvalue weighted by atomic mass is 10.1. The molecule has 20 heavy (non-hydrogen) atoms. The maximum absolute atomic E-state index is 11.9. The number of aryl methyl sites for hydroxylation is 1. The van der Waals surface area contributed by atoms with Crippen LogP contribution in [0.2, 0.25) is 0 Å². The Morgan fingerprint density at radius 2 is 1.95 bits per heavy atom. The molecule has 0 atom stereocenters. The highest BCUT2D eigenvalue weighted by atomic mass is 16.5. The summed E-state index contributed by atoms with van der Waals surface area (Å²) < 4.78 is 15.5. The monoisotopic (exact) mass is 281 g/mol. The maximum Gasteiger partial charge on any atom is 0.141 e. The van der Waals surface area contributed by atoms with E-state index >= 15 is 0 Å². The van der Waals surface area contributed by atoms with Crippen molar-refractivity contribution < 1.29 is 19.0 Å². The zero-order valence-corrected chi connectivity index (χ0v) is 12.7. The fourth-order valence-corrected chi connectivity index (χ4v) is 1.95. The van der Waals surface area contributed by atoms with Gasteiger partial charge in [-0.1, -0.05) is 0 Å². The Morgan fingerprint density at radius 1 is 1.20 bits per heavy atom. The van der Waals surface area contributed by atoms with Gasteiger partial charge in [0.15, 0.2) is 0 Å². The Balaban J connectivity index is 2.50. The molecular weight excluding hydrogens is 258 g/mol. The van der Waals surface area contributed by atoms with Gasteiger partial charge in [0.1, 0.15) is 11.5 Å². The first-order valence-corrected chi connectivity index (χ1v) is 6.67. The lowest BCUT2D eigenvalue weighted by Gasteiger charge is -2.11.